The normalized spacial score (nSPS) is 10.6. The first-order valence-corrected chi connectivity index (χ1v) is 7.07. The SMILES string of the molecule is COCCCNc1nccn1Cc1cccc(Br)c1. The van der Waals surface area contributed by atoms with Crippen LogP contribution in [0.2, 0.25) is 0 Å². The average molecular weight is 324 g/mol. The lowest BCUT2D eigenvalue weighted by Crippen LogP contribution is -2.10. The zero-order valence-electron chi connectivity index (χ0n) is 11.0. The van der Waals surface area contributed by atoms with Gasteiger partial charge in [0.1, 0.15) is 0 Å². The predicted molar refractivity (Wildman–Crippen MR) is 80.5 cm³/mol. The number of hydrogen-bond donors (Lipinski definition) is 1. The van der Waals surface area contributed by atoms with E-state index in [2.05, 4.69) is 42.9 Å². The summed E-state index contributed by atoms with van der Waals surface area (Å²) < 4.78 is 8.23. The van der Waals surface area contributed by atoms with Crippen molar-refractivity contribution in [3.05, 3.63) is 46.7 Å². The highest BCUT2D eigenvalue weighted by molar-refractivity contribution is 9.10. The molecule has 1 N–H and O–H groups in total. The van der Waals surface area contributed by atoms with Gasteiger partial charge in [-0.25, -0.2) is 4.98 Å². The topological polar surface area (TPSA) is 39.1 Å². The monoisotopic (exact) mass is 323 g/mol. The molecule has 0 saturated carbocycles. The van der Waals surface area contributed by atoms with Crippen molar-refractivity contribution in [3.63, 3.8) is 0 Å². The van der Waals surface area contributed by atoms with E-state index in [0.717, 1.165) is 36.5 Å². The van der Waals surface area contributed by atoms with Gasteiger partial charge in [-0.15, -0.1) is 0 Å². The number of ether oxygens (including phenoxy) is 1. The van der Waals surface area contributed by atoms with Crippen molar-refractivity contribution >= 4 is 21.9 Å². The van der Waals surface area contributed by atoms with E-state index in [4.69, 9.17) is 4.74 Å². The highest BCUT2D eigenvalue weighted by Gasteiger charge is 2.03. The van der Waals surface area contributed by atoms with Crippen LogP contribution in [0.3, 0.4) is 0 Å². The third-order valence-electron chi connectivity index (χ3n) is 2.77. The van der Waals surface area contributed by atoms with Gasteiger partial charge in [-0.05, 0) is 24.1 Å². The number of halogens is 1. The molecule has 19 heavy (non-hydrogen) atoms. The van der Waals surface area contributed by atoms with Gasteiger partial charge in [-0.2, -0.15) is 0 Å². The van der Waals surface area contributed by atoms with Gasteiger partial charge >= 0.3 is 0 Å². The summed E-state index contributed by atoms with van der Waals surface area (Å²) in [4.78, 5) is 4.33. The Balaban J connectivity index is 1.95. The molecule has 0 aliphatic carbocycles. The van der Waals surface area contributed by atoms with Gasteiger partial charge in [0.25, 0.3) is 0 Å². The smallest absolute Gasteiger partial charge is 0.203 e. The van der Waals surface area contributed by atoms with Gasteiger partial charge in [-0.1, -0.05) is 28.1 Å². The molecule has 0 aliphatic heterocycles. The largest absolute Gasteiger partial charge is 0.385 e. The fourth-order valence-electron chi connectivity index (χ4n) is 1.85. The van der Waals surface area contributed by atoms with Crippen molar-refractivity contribution in [1.29, 1.82) is 0 Å². The van der Waals surface area contributed by atoms with E-state index >= 15 is 0 Å². The number of nitrogens with zero attached hydrogens (tertiary/aromatic N) is 2. The Bertz CT molecular complexity index is 513. The first-order chi connectivity index (χ1) is 9.29. The Hall–Kier alpha value is -1.33. The molecule has 0 aliphatic rings. The lowest BCUT2D eigenvalue weighted by atomic mass is 10.2. The van der Waals surface area contributed by atoms with Crippen molar-refractivity contribution in [2.45, 2.75) is 13.0 Å². The number of benzene rings is 1. The maximum atomic E-state index is 5.03. The van der Waals surface area contributed by atoms with Gasteiger partial charge < -0.3 is 14.6 Å². The Morgan fingerprint density at radius 3 is 3.11 bits per heavy atom. The van der Waals surface area contributed by atoms with Crippen LogP contribution in [0.1, 0.15) is 12.0 Å². The first-order valence-electron chi connectivity index (χ1n) is 6.28. The Morgan fingerprint density at radius 2 is 2.32 bits per heavy atom. The molecule has 0 saturated heterocycles. The average Bonchev–Trinajstić information content (AvgIpc) is 2.82. The number of nitrogens with one attached hydrogen (secondary N) is 1. The maximum absolute atomic E-state index is 5.03. The number of imidazole rings is 1. The molecule has 0 radical (unpaired) electrons. The third kappa shape index (κ3) is 4.36. The molecule has 2 aromatic rings. The molecule has 1 aromatic heterocycles. The zero-order chi connectivity index (χ0) is 13.5. The minimum absolute atomic E-state index is 0.763. The third-order valence-corrected chi connectivity index (χ3v) is 3.26. The van der Waals surface area contributed by atoms with Crippen LogP contribution in [-0.2, 0) is 11.3 Å². The van der Waals surface area contributed by atoms with Gasteiger partial charge in [-0.3, -0.25) is 0 Å². The lowest BCUT2D eigenvalue weighted by molar-refractivity contribution is 0.197. The molecule has 4 nitrogen and oxygen atoms in total. The molecule has 102 valence electrons. The van der Waals surface area contributed by atoms with Crippen LogP contribution in [0, 0.1) is 0 Å². The summed E-state index contributed by atoms with van der Waals surface area (Å²) in [6.07, 6.45) is 4.77. The Kier molecular flexibility index (Phi) is 5.42. The Morgan fingerprint density at radius 1 is 1.42 bits per heavy atom. The molecule has 0 atom stereocenters. The zero-order valence-corrected chi connectivity index (χ0v) is 12.6. The molecule has 5 heteroatoms. The molecular weight excluding hydrogens is 306 g/mol. The number of aromatic nitrogens is 2. The Labute approximate surface area is 121 Å². The fourth-order valence-corrected chi connectivity index (χ4v) is 2.30. The summed E-state index contributed by atoms with van der Waals surface area (Å²) in [5, 5.41) is 3.32. The van der Waals surface area contributed by atoms with E-state index in [1.54, 1.807) is 7.11 Å². The summed E-state index contributed by atoms with van der Waals surface area (Å²) in [5.74, 6) is 0.899. The fraction of sp³-hybridized carbons (Fsp3) is 0.357. The molecule has 0 spiro atoms. The molecule has 1 aromatic carbocycles. The molecule has 0 fully saturated rings. The van der Waals surface area contributed by atoms with Crippen LogP contribution < -0.4 is 5.32 Å². The van der Waals surface area contributed by atoms with Crippen LogP contribution in [0.25, 0.3) is 0 Å². The van der Waals surface area contributed by atoms with Crippen molar-refractivity contribution < 1.29 is 4.74 Å². The van der Waals surface area contributed by atoms with E-state index in [9.17, 15) is 0 Å². The molecule has 0 amide bonds. The van der Waals surface area contributed by atoms with Crippen LogP contribution in [-0.4, -0.2) is 29.8 Å². The van der Waals surface area contributed by atoms with E-state index < -0.39 is 0 Å². The highest BCUT2D eigenvalue weighted by atomic mass is 79.9. The molecule has 0 bridgehead atoms. The minimum Gasteiger partial charge on any atom is -0.385 e. The van der Waals surface area contributed by atoms with Gasteiger partial charge in [0.2, 0.25) is 5.95 Å². The summed E-state index contributed by atoms with van der Waals surface area (Å²) in [6.45, 7) is 2.44. The molecule has 0 unspecified atom stereocenters. The number of hydrogen-bond acceptors (Lipinski definition) is 3. The maximum Gasteiger partial charge on any atom is 0.203 e. The second-order valence-electron chi connectivity index (χ2n) is 4.28. The number of rotatable bonds is 7. The van der Waals surface area contributed by atoms with E-state index in [0.29, 0.717) is 0 Å². The van der Waals surface area contributed by atoms with Crippen LogP contribution >= 0.6 is 15.9 Å². The number of methoxy groups -OCH3 is 1. The van der Waals surface area contributed by atoms with E-state index in [1.807, 2.05) is 24.5 Å². The van der Waals surface area contributed by atoms with Crippen LogP contribution in [0.5, 0.6) is 0 Å². The van der Waals surface area contributed by atoms with E-state index in [1.165, 1.54) is 5.56 Å². The highest BCUT2D eigenvalue weighted by Crippen LogP contribution is 2.14. The van der Waals surface area contributed by atoms with Gasteiger partial charge in [0.05, 0.1) is 6.54 Å². The second kappa shape index (κ2) is 7.31. The summed E-state index contributed by atoms with van der Waals surface area (Å²) in [5.41, 5.74) is 1.24. The van der Waals surface area contributed by atoms with Crippen molar-refractivity contribution in [1.82, 2.24) is 9.55 Å². The van der Waals surface area contributed by atoms with E-state index in [-0.39, 0.29) is 0 Å². The summed E-state index contributed by atoms with van der Waals surface area (Å²) in [6, 6.07) is 8.30. The molecule has 2 rings (SSSR count). The van der Waals surface area contributed by atoms with Crippen molar-refractivity contribution in [2.24, 2.45) is 0 Å². The first kappa shape index (κ1) is 14.1. The van der Waals surface area contributed by atoms with Crippen LogP contribution in [0.15, 0.2) is 41.1 Å². The van der Waals surface area contributed by atoms with Gasteiger partial charge in [0, 0.05) is 37.1 Å². The van der Waals surface area contributed by atoms with Gasteiger partial charge in [0.15, 0.2) is 0 Å². The standard InChI is InChI=1S/C14H18BrN3O/c1-19-9-3-6-16-14-17-7-8-18(14)11-12-4-2-5-13(15)10-12/h2,4-5,7-8,10H,3,6,9,11H2,1H3,(H,16,17). The number of anilines is 1. The van der Waals surface area contributed by atoms with Crippen molar-refractivity contribution in [3.8, 4) is 0 Å². The minimum atomic E-state index is 0.763. The molecular formula is C14H18BrN3O. The quantitative estimate of drug-likeness (QED) is 0.795. The second-order valence-corrected chi connectivity index (χ2v) is 5.20. The van der Waals surface area contributed by atoms with Crippen molar-refractivity contribution in [2.75, 3.05) is 25.6 Å². The lowest BCUT2D eigenvalue weighted by Gasteiger charge is -2.10. The summed E-state index contributed by atoms with van der Waals surface area (Å²) in [7, 11) is 1.72. The predicted octanol–water partition coefficient (Wildman–Crippen LogP) is 3.14. The summed E-state index contributed by atoms with van der Waals surface area (Å²) >= 11 is 3.49. The molecule has 1 heterocycles. The van der Waals surface area contributed by atoms with Crippen LogP contribution in [0.4, 0.5) is 5.95 Å².